The Hall–Kier alpha value is -1.95. The maximum absolute atomic E-state index is 11.1. The Morgan fingerprint density at radius 3 is 2.80 bits per heavy atom. The molecule has 0 aromatic carbocycles. The molecule has 0 bridgehead atoms. The molecule has 1 atom stereocenters. The summed E-state index contributed by atoms with van der Waals surface area (Å²) in [6.07, 6.45) is 2.85. The molecule has 0 radical (unpaired) electrons. The molecular formula is C14H20N4O2. The Morgan fingerprint density at radius 2 is 2.10 bits per heavy atom. The van der Waals surface area contributed by atoms with E-state index in [4.69, 9.17) is 11.5 Å². The van der Waals surface area contributed by atoms with E-state index in [1.54, 1.807) is 0 Å². The van der Waals surface area contributed by atoms with Crippen LogP contribution >= 0.6 is 0 Å². The van der Waals surface area contributed by atoms with Gasteiger partial charge in [-0.3, -0.25) is 19.5 Å². The van der Waals surface area contributed by atoms with Gasteiger partial charge in [-0.05, 0) is 37.9 Å². The largest absolute Gasteiger partial charge is 0.370 e. The number of carbonyl (C=O) groups is 2. The van der Waals surface area contributed by atoms with Gasteiger partial charge in [-0.15, -0.1) is 0 Å². The van der Waals surface area contributed by atoms with E-state index in [1.807, 2.05) is 18.2 Å². The lowest BCUT2D eigenvalue weighted by atomic mass is 10.1. The number of nitrogens with zero attached hydrogens (tertiary/aromatic N) is 2. The number of primary amides is 2. The highest BCUT2D eigenvalue weighted by atomic mass is 16.1. The SMILES string of the molecule is NC(=O)CCc1cccc([C@H]2CCCN2CC(N)=O)n1. The smallest absolute Gasteiger partial charge is 0.231 e. The van der Waals surface area contributed by atoms with Gasteiger partial charge in [0.05, 0.1) is 18.3 Å². The third-order valence-corrected chi connectivity index (χ3v) is 3.52. The van der Waals surface area contributed by atoms with E-state index >= 15 is 0 Å². The first-order chi connectivity index (χ1) is 9.56. The van der Waals surface area contributed by atoms with Gasteiger partial charge in [0.25, 0.3) is 0 Å². The van der Waals surface area contributed by atoms with E-state index in [2.05, 4.69) is 9.88 Å². The Kier molecular flexibility index (Phi) is 4.68. The lowest BCUT2D eigenvalue weighted by Gasteiger charge is -2.22. The monoisotopic (exact) mass is 276 g/mol. The minimum absolute atomic E-state index is 0.135. The van der Waals surface area contributed by atoms with Gasteiger partial charge in [0.2, 0.25) is 11.8 Å². The molecule has 1 aliphatic heterocycles. The summed E-state index contributed by atoms with van der Waals surface area (Å²) >= 11 is 0. The molecule has 108 valence electrons. The first-order valence-corrected chi connectivity index (χ1v) is 6.83. The standard InChI is InChI=1S/C14H20N4O2/c15-13(19)7-6-10-3-1-4-11(17-10)12-5-2-8-18(12)9-14(16)20/h1,3-4,12H,2,5-9H2,(H2,15,19)(H2,16,20)/t12-/m1/s1. The molecule has 2 rings (SSSR count). The summed E-state index contributed by atoms with van der Waals surface area (Å²) in [6.45, 7) is 1.12. The first kappa shape index (κ1) is 14.5. The minimum atomic E-state index is -0.326. The summed E-state index contributed by atoms with van der Waals surface area (Å²) < 4.78 is 0. The molecule has 0 spiro atoms. The summed E-state index contributed by atoms with van der Waals surface area (Å²) in [5, 5.41) is 0. The highest BCUT2D eigenvalue weighted by molar-refractivity contribution is 5.76. The van der Waals surface area contributed by atoms with E-state index in [9.17, 15) is 9.59 Å². The first-order valence-electron chi connectivity index (χ1n) is 6.83. The van der Waals surface area contributed by atoms with Crippen LogP contribution in [-0.2, 0) is 16.0 Å². The molecule has 1 aromatic rings. The molecule has 0 unspecified atom stereocenters. The van der Waals surface area contributed by atoms with Crippen molar-refractivity contribution in [2.75, 3.05) is 13.1 Å². The number of aryl methyl sites for hydroxylation is 1. The average Bonchev–Trinajstić information content (AvgIpc) is 2.84. The van der Waals surface area contributed by atoms with Gasteiger partial charge < -0.3 is 11.5 Å². The van der Waals surface area contributed by atoms with Crippen molar-refractivity contribution >= 4 is 11.8 Å². The van der Waals surface area contributed by atoms with Crippen LogP contribution in [0.5, 0.6) is 0 Å². The van der Waals surface area contributed by atoms with Crippen LogP contribution in [0.3, 0.4) is 0 Å². The molecule has 0 saturated carbocycles. The number of hydrogen-bond acceptors (Lipinski definition) is 4. The van der Waals surface area contributed by atoms with Gasteiger partial charge >= 0.3 is 0 Å². The average molecular weight is 276 g/mol. The molecule has 4 N–H and O–H groups in total. The highest BCUT2D eigenvalue weighted by Gasteiger charge is 2.27. The van der Waals surface area contributed by atoms with E-state index < -0.39 is 0 Å². The van der Waals surface area contributed by atoms with Gasteiger partial charge in [0.1, 0.15) is 0 Å². The number of carbonyl (C=O) groups excluding carboxylic acids is 2. The fourth-order valence-electron chi connectivity index (χ4n) is 2.62. The zero-order valence-corrected chi connectivity index (χ0v) is 11.4. The van der Waals surface area contributed by atoms with Crippen molar-refractivity contribution in [2.45, 2.75) is 31.7 Å². The quantitative estimate of drug-likeness (QED) is 0.770. The Balaban J connectivity index is 2.09. The van der Waals surface area contributed by atoms with Crippen LogP contribution in [-0.4, -0.2) is 34.8 Å². The Bertz CT molecular complexity index is 504. The van der Waals surface area contributed by atoms with Crippen molar-refractivity contribution in [3.05, 3.63) is 29.6 Å². The molecule has 0 aliphatic carbocycles. The molecule has 6 nitrogen and oxygen atoms in total. The second kappa shape index (κ2) is 6.47. The van der Waals surface area contributed by atoms with Crippen molar-refractivity contribution in [1.29, 1.82) is 0 Å². The van der Waals surface area contributed by atoms with Gasteiger partial charge in [-0.1, -0.05) is 6.07 Å². The number of amides is 2. The topological polar surface area (TPSA) is 102 Å². The van der Waals surface area contributed by atoms with Crippen LogP contribution in [0.1, 0.15) is 36.7 Å². The molecule has 2 heterocycles. The Labute approximate surface area is 118 Å². The van der Waals surface area contributed by atoms with Gasteiger partial charge in [0, 0.05) is 12.1 Å². The molecular weight excluding hydrogens is 256 g/mol. The van der Waals surface area contributed by atoms with Crippen molar-refractivity contribution in [3.8, 4) is 0 Å². The molecule has 1 fully saturated rings. The molecule has 6 heteroatoms. The van der Waals surface area contributed by atoms with E-state index in [1.165, 1.54) is 0 Å². The number of hydrogen-bond donors (Lipinski definition) is 2. The van der Waals surface area contributed by atoms with Crippen LogP contribution in [0, 0.1) is 0 Å². The third kappa shape index (κ3) is 3.77. The highest BCUT2D eigenvalue weighted by Crippen LogP contribution is 2.30. The van der Waals surface area contributed by atoms with Crippen LogP contribution in [0.15, 0.2) is 18.2 Å². The predicted molar refractivity (Wildman–Crippen MR) is 74.5 cm³/mol. The maximum Gasteiger partial charge on any atom is 0.231 e. The maximum atomic E-state index is 11.1. The zero-order valence-electron chi connectivity index (χ0n) is 11.4. The third-order valence-electron chi connectivity index (χ3n) is 3.52. The van der Waals surface area contributed by atoms with Crippen molar-refractivity contribution in [2.24, 2.45) is 11.5 Å². The summed E-state index contributed by atoms with van der Waals surface area (Å²) in [6, 6.07) is 5.91. The van der Waals surface area contributed by atoms with Crippen molar-refractivity contribution in [3.63, 3.8) is 0 Å². The summed E-state index contributed by atoms with van der Waals surface area (Å²) in [7, 11) is 0. The normalized spacial score (nSPS) is 19.1. The summed E-state index contributed by atoms with van der Waals surface area (Å²) in [5.74, 6) is -0.643. The summed E-state index contributed by atoms with van der Waals surface area (Å²) in [4.78, 5) is 28.5. The molecule has 2 amide bonds. The molecule has 1 aromatic heterocycles. The van der Waals surface area contributed by atoms with Crippen LogP contribution in [0.25, 0.3) is 0 Å². The number of pyridine rings is 1. The van der Waals surface area contributed by atoms with Gasteiger partial charge in [0.15, 0.2) is 0 Å². The lowest BCUT2D eigenvalue weighted by molar-refractivity contribution is -0.119. The summed E-state index contributed by atoms with van der Waals surface area (Å²) in [5.41, 5.74) is 12.2. The number of likely N-dealkylation sites (tertiary alicyclic amines) is 1. The van der Waals surface area contributed by atoms with E-state index in [-0.39, 0.29) is 24.4 Å². The van der Waals surface area contributed by atoms with E-state index in [0.717, 1.165) is 30.8 Å². The van der Waals surface area contributed by atoms with Gasteiger partial charge in [-0.25, -0.2) is 0 Å². The predicted octanol–water partition coefficient (Wildman–Crippen LogP) is 0.122. The molecule has 20 heavy (non-hydrogen) atoms. The molecule has 1 aliphatic rings. The van der Waals surface area contributed by atoms with Crippen LogP contribution in [0.2, 0.25) is 0 Å². The Morgan fingerprint density at radius 1 is 1.30 bits per heavy atom. The fourth-order valence-corrected chi connectivity index (χ4v) is 2.62. The van der Waals surface area contributed by atoms with Crippen molar-refractivity contribution < 1.29 is 9.59 Å². The molecule has 1 saturated heterocycles. The minimum Gasteiger partial charge on any atom is -0.370 e. The fraction of sp³-hybridized carbons (Fsp3) is 0.500. The van der Waals surface area contributed by atoms with Gasteiger partial charge in [-0.2, -0.15) is 0 Å². The second-order valence-electron chi connectivity index (χ2n) is 5.11. The number of nitrogens with two attached hydrogens (primary N) is 2. The number of rotatable bonds is 6. The van der Waals surface area contributed by atoms with Crippen molar-refractivity contribution in [1.82, 2.24) is 9.88 Å². The van der Waals surface area contributed by atoms with E-state index in [0.29, 0.717) is 12.8 Å². The van der Waals surface area contributed by atoms with Crippen LogP contribution in [0.4, 0.5) is 0 Å². The number of aromatic nitrogens is 1. The van der Waals surface area contributed by atoms with Crippen LogP contribution < -0.4 is 11.5 Å². The second-order valence-corrected chi connectivity index (χ2v) is 5.11. The zero-order chi connectivity index (χ0) is 14.5. The lowest BCUT2D eigenvalue weighted by Crippen LogP contribution is -2.33.